The molecule has 1 aliphatic rings. The smallest absolute Gasteiger partial charge is 0.342 e. The van der Waals surface area contributed by atoms with Crippen molar-refractivity contribution in [2.45, 2.75) is 31.1 Å². The molecule has 0 spiro atoms. The van der Waals surface area contributed by atoms with E-state index in [-0.39, 0.29) is 22.5 Å². The second-order valence-corrected chi connectivity index (χ2v) is 8.16. The molecule has 0 unspecified atom stereocenters. The maximum Gasteiger partial charge on any atom is 0.433 e. The Hall–Kier alpha value is -1.61. The number of nitrogens with zero attached hydrogens (tertiary/aromatic N) is 3. The molecule has 0 N–H and O–H groups in total. The van der Waals surface area contributed by atoms with E-state index < -0.39 is 11.9 Å². The normalized spacial score (nSPS) is 18.2. The monoisotopic (exact) mass is 401 g/mol. The number of thioether (sulfide) groups is 1. The molecule has 9 heteroatoms. The Bertz CT molecular complexity index is 765. The molecule has 3 heterocycles. The molecule has 140 valence electrons. The van der Waals surface area contributed by atoms with E-state index in [9.17, 15) is 18.0 Å². The van der Waals surface area contributed by atoms with Crippen molar-refractivity contribution in [3.63, 3.8) is 0 Å². The van der Waals surface area contributed by atoms with Crippen molar-refractivity contribution in [2.75, 3.05) is 18.8 Å². The lowest BCUT2D eigenvalue weighted by Crippen LogP contribution is -2.40. The van der Waals surface area contributed by atoms with E-state index in [1.54, 1.807) is 22.4 Å². The van der Waals surface area contributed by atoms with Crippen LogP contribution in [0.25, 0.3) is 10.6 Å². The van der Waals surface area contributed by atoms with Gasteiger partial charge in [-0.15, -0.1) is 11.3 Å². The number of aromatic nitrogens is 2. The highest BCUT2D eigenvalue weighted by atomic mass is 32.2. The van der Waals surface area contributed by atoms with Crippen LogP contribution in [0.5, 0.6) is 0 Å². The fourth-order valence-electron chi connectivity index (χ4n) is 2.82. The number of rotatable bonds is 4. The van der Waals surface area contributed by atoms with Crippen molar-refractivity contribution in [3.05, 3.63) is 29.3 Å². The van der Waals surface area contributed by atoms with E-state index in [1.165, 1.54) is 11.3 Å². The molecule has 0 aromatic carbocycles. The zero-order valence-electron chi connectivity index (χ0n) is 14.1. The lowest BCUT2D eigenvalue weighted by atomic mass is 10.0. The molecule has 0 saturated carbocycles. The van der Waals surface area contributed by atoms with Gasteiger partial charge in [-0.2, -0.15) is 13.2 Å². The predicted molar refractivity (Wildman–Crippen MR) is 96.0 cm³/mol. The molecule has 1 atom stereocenters. The van der Waals surface area contributed by atoms with Crippen LogP contribution in [0.15, 0.2) is 28.7 Å². The molecule has 1 amide bonds. The fourth-order valence-corrected chi connectivity index (χ4v) is 4.27. The number of hydrogen-bond donors (Lipinski definition) is 0. The van der Waals surface area contributed by atoms with Crippen LogP contribution >= 0.6 is 23.1 Å². The van der Waals surface area contributed by atoms with Crippen molar-refractivity contribution in [1.29, 1.82) is 0 Å². The first-order valence-corrected chi connectivity index (χ1v) is 10.1. The van der Waals surface area contributed by atoms with E-state index in [4.69, 9.17) is 0 Å². The molecular weight excluding hydrogens is 383 g/mol. The van der Waals surface area contributed by atoms with Crippen LogP contribution in [0, 0.1) is 5.92 Å². The summed E-state index contributed by atoms with van der Waals surface area (Å²) >= 11 is 2.27. The Morgan fingerprint density at radius 1 is 1.42 bits per heavy atom. The fraction of sp³-hybridized carbons (Fsp3) is 0.471. The second-order valence-electron chi connectivity index (χ2n) is 6.27. The molecule has 0 aliphatic carbocycles. The van der Waals surface area contributed by atoms with Crippen molar-refractivity contribution >= 4 is 29.0 Å². The van der Waals surface area contributed by atoms with Crippen molar-refractivity contribution in [1.82, 2.24) is 14.9 Å². The summed E-state index contributed by atoms with van der Waals surface area (Å²) in [7, 11) is 0. The zero-order chi connectivity index (χ0) is 18.7. The lowest BCUT2D eigenvalue weighted by Gasteiger charge is -2.30. The summed E-state index contributed by atoms with van der Waals surface area (Å²) < 4.78 is 39.5. The van der Waals surface area contributed by atoms with E-state index in [0.29, 0.717) is 23.9 Å². The molecule has 1 aliphatic heterocycles. The molecule has 26 heavy (non-hydrogen) atoms. The van der Waals surface area contributed by atoms with Gasteiger partial charge in [-0.25, -0.2) is 9.97 Å². The van der Waals surface area contributed by atoms with Crippen LogP contribution in [-0.2, 0) is 11.0 Å². The Morgan fingerprint density at radius 3 is 2.88 bits per heavy atom. The Morgan fingerprint density at radius 2 is 2.23 bits per heavy atom. The summed E-state index contributed by atoms with van der Waals surface area (Å²) in [5.74, 6) is 0.408. The number of alkyl halides is 3. The van der Waals surface area contributed by atoms with Gasteiger partial charge < -0.3 is 4.90 Å². The second kappa shape index (κ2) is 7.96. The summed E-state index contributed by atoms with van der Waals surface area (Å²) in [6.45, 7) is 3.49. The summed E-state index contributed by atoms with van der Waals surface area (Å²) in [4.78, 5) is 22.6. The Balaban J connectivity index is 1.76. The van der Waals surface area contributed by atoms with E-state index in [0.717, 1.165) is 30.7 Å². The molecule has 2 aromatic heterocycles. The average molecular weight is 401 g/mol. The third-order valence-corrected chi connectivity index (χ3v) is 5.83. The van der Waals surface area contributed by atoms with Gasteiger partial charge in [-0.3, -0.25) is 4.79 Å². The van der Waals surface area contributed by atoms with Crippen LogP contribution in [0.1, 0.15) is 25.5 Å². The number of carbonyl (C=O) groups excluding carboxylic acids is 1. The minimum atomic E-state index is -4.56. The van der Waals surface area contributed by atoms with Gasteiger partial charge in [0.05, 0.1) is 16.3 Å². The van der Waals surface area contributed by atoms with E-state index in [2.05, 4.69) is 16.9 Å². The molecule has 3 rings (SSSR count). The van der Waals surface area contributed by atoms with Gasteiger partial charge in [-0.05, 0) is 36.3 Å². The van der Waals surface area contributed by atoms with Gasteiger partial charge in [0.25, 0.3) is 0 Å². The number of halogens is 3. The highest BCUT2D eigenvalue weighted by Crippen LogP contribution is 2.33. The number of piperidine rings is 1. The van der Waals surface area contributed by atoms with Crippen molar-refractivity contribution < 1.29 is 18.0 Å². The Kier molecular flexibility index (Phi) is 5.86. The van der Waals surface area contributed by atoms with E-state index >= 15 is 0 Å². The molecule has 0 radical (unpaired) electrons. The van der Waals surface area contributed by atoms with Gasteiger partial charge >= 0.3 is 6.18 Å². The number of likely N-dealkylation sites (tertiary alicyclic amines) is 1. The molecule has 0 bridgehead atoms. The van der Waals surface area contributed by atoms with Crippen LogP contribution in [0.4, 0.5) is 13.2 Å². The average Bonchev–Trinajstić information content (AvgIpc) is 3.13. The standard InChI is InChI=1S/C17H18F3N3OS2/c1-11-4-2-6-23(9-11)15(24)10-26-16-21-12(13-5-3-7-25-13)8-14(22-16)17(18,19)20/h3,5,7-8,11H,2,4,6,9-10H2,1H3/t11-/m0/s1. The van der Waals surface area contributed by atoms with Crippen molar-refractivity contribution in [2.24, 2.45) is 5.92 Å². The first-order valence-electron chi connectivity index (χ1n) is 8.23. The van der Waals surface area contributed by atoms with Gasteiger partial charge in [0.1, 0.15) is 5.69 Å². The van der Waals surface area contributed by atoms with Crippen LogP contribution < -0.4 is 0 Å². The highest BCUT2D eigenvalue weighted by molar-refractivity contribution is 7.99. The topological polar surface area (TPSA) is 46.1 Å². The van der Waals surface area contributed by atoms with Crippen LogP contribution in [0.2, 0.25) is 0 Å². The molecule has 2 aromatic rings. The molecule has 1 saturated heterocycles. The van der Waals surface area contributed by atoms with Gasteiger partial charge in [0, 0.05) is 13.1 Å². The van der Waals surface area contributed by atoms with Gasteiger partial charge in [0.2, 0.25) is 5.91 Å². The molecule has 1 fully saturated rings. The SMILES string of the molecule is C[C@H]1CCCN(C(=O)CSc2nc(-c3cccs3)cc(C(F)(F)F)n2)C1. The first-order chi connectivity index (χ1) is 12.3. The van der Waals surface area contributed by atoms with E-state index in [1.807, 2.05) is 0 Å². The lowest BCUT2D eigenvalue weighted by molar-refractivity contribution is -0.141. The van der Waals surface area contributed by atoms with Gasteiger partial charge in [-0.1, -0.05) is 24.8 Å². The zero-order valence-corrected chi connectivity index (χ0v) is 15.8. The number of amides is 1. The summed E-state index contributed by atoms with van der Waals surface area (Å²) in [6.07, 6.45) is -2.51. The quantitative estimate of drug-likeness (QED) is 0.556. The maximum atomic E-state index is 13.2. The molecular formula is C17H18F3N3OS2. The third-order valence-electron chi connectivity index (χ3n) is 4.10. The molecule has 4 nitrogen and oxygen atoms in total. The van der Waals surface area contributed by atoms with Crippen molar-refractivity contribution in [3.8, 4) is 10.6 Å². The summed E-state index contributed by atoms with van der Waals surface area (Å²) in [5.41, 5.74) is -0.763. The maximum absolute atomic E-state index is 13.2. The van der Waals surface area contributed by atoms with Gasteiger partial charge in [0.15, 0.2) is 5.16 Å². The summed E-state index contributed by atoms with van der Waals surface area (Å²) in [6, 6.07) is 4.41. The first kappa shape index (κ1) is 19.2. The minimum Gasteiger partial charge on any atom is -0.342 e. The summed E-state index contributed by atoms with van der Waals surface area (Å²) in [5, 5.41) is 1.75. The number of thiophene rings is 1. The van der Waals surface area contributed by atoms with Crippen LogP contribution in [0.3, 0.4) is 0 Å². The number of hydrogen-bond acceptors (Lipinski definition) is 5. The third kappa shape index (κ3) is 4.76. The predicted octanol–water partition coefficient (Wildman–Crippen LogP) is 4.57. The van der Waals surface area contributed by atoms with Crippen LogP contribution in [-0.4, -0.2) is 39.6 Å². The number of carbonyl (C=O) groups is 1. The minimum absolute atomic E-state index is 0.0263. The largest absolute Gasteiger partial charge is 0.433 e. The Labute approximate surface area is 157 Å². The highest BCUT2D eigenvalue weighted by Gasteiger charge is 2.34.